The maximum absolute atomic E-state index is 2.51. The van der Waals surface area contributed by atoms with Gasteiger partial charge in [-0.2, -0.15) is 0 Å². The highest BCUT2D eigenvalue weighted by atomic mass is 15.1. The summed E-state index contributed by atoms with van der Waals surface area (Å²) in [6, 6.07) is 108. The summed E-state index contributed by atoms with van der Waals surface area (Å²) in [6.07, 6.45) is 0. The van der Waals surface area contributed by atoms with Gasteiger partial charge in [0.05, 0.1) is 10.8 Å². The fraction of sp³-hybridized carbons (Fsp3) is 0.0278. The van der Waals surface area contributed by atoms with Gasteiger partial charge in [0, 0.05) is 34.1 Å². The molecule has 0 amide bonds. The van der Waals surface area contributed by atoms with Crippen LogP contribution in [0.3, 0.4) is 0 Å². The van der Waals surface area contributed by atoms with E-state index >= 15 is 0 Å². The summed E-state index contributed by atoms with van der Waals surface area (Å²) in [7, 11) is 0. The molecule has 3 aliphatic rings. The predicted octanol–water partition coefficient (Wildman–Crippen LogP) is 18.5. The summed E-state index contributed by atoms with van der Waals surface area (Å²) in [5.41, 5.74) is 23.6. The fourth-order valence-electron chi connectivity index (χ4n) is 13.5. The van der Waals surface area contributed by atoms with Crippen LogP contribution < -0.4 is 9.80 Å². The number of fused-ring (bicyclic) bond motifs is 16. The summed E-state index contributed by atoms with van der Waals surface area (Å²) in [5.74, 6) is 0. The molecule has 0 heterocycles. The Hall–Kier alpha value is -9.50. The molecule has 0 aliphatic heterocycles. The minimum Gasteiger partial charge on any atom is -0.310 e. The van der Waals surface area contributed by atoms with E-state index in [1.165, 1.54) is 88.7 Å². The minimum absolute atomic E-state index is 0.552. The highest BCUT2D eigenvalue weighted by Crippen LogP contribution is 2.66. The maximum atomic E-state index is 2.51. The molecule has 12 aromatic carbocycles. The summed E-state index contributed by atoms with van der Waals surface area (Å²) in [6.45, 7) is 0. The first-order valence-electron chi connectivity index (χ1n) is 25.8. The molecule has 74 heavy (non-hydrogen) atoms. The monoisotopic (exact) mass is 940 g/mol. The van der Waals surface area contributed by atoms with Crippen molar-refractivity contribution in [1.29, 1.82) is 0 Å². The van der Waals surface area contributed by atoms with E-state index < -0.39 is 10.8 Å². The number of nitrogens with zero attached hydrogens (tertiary/aromatic N) is 2. The van der Waals surface area contributed by atoms with Crippen molar-refractivity contribution in [2.45, 2.75) is 10.8 Å². The third-order valence-electron chi connectivity index (χ3n) is 16.3. The topological polar surface area (TPSA) is 6.48 Å². The Kier molecular flexibility index (Phi) is 9.43. The minimum atomic E-state index is -0.620. The fourth-order valence-corrected chi connectivity index (χ4v) is 13.5. The van der Waals surface area contributed by atoms with Crippen LogP contribution >= 0.6 is 0 Å². The van der Waals surface area contributed by atoms with Crippen molar-refractivity contribution in [2.75, 3.05) is 9.80 Å². The third kappa shape index (κ3) is 5.88. The quantitative estimate of drug-likeness (QED) is 0.150. The van der Waals surface area contributed by atoms with Gasteiger partial charge in [-0.25, -0.2) is 0 Å². The van der Waals surface area contributed by atoms with Crippen LogP contribution in [0.5, 0.6) is 0 Å². The van der Waals surface area contributed by atoms with Crippen LogP contribution in [0, 0.1) is 0 Å². The molecule has 0 unspecified atom stereocenters. The van der Waals surface area contributed by atoms with Crippen LogP contribution in [-0.2, 0) is 10.8 Å². The molecule has 12 aromatic rings. The number of hydrogen-bond acceptors (Lipinski definition) is 2. The average molecular weight is 941 g/mol. The lowest BCUT2D eigenvalue weighted by Gasteiger charge is -2.35. The Morgan fingerprint density at radius 3 is 0.919 bits per heavy atom. The highest BCUT2D eigenvalue weighted by molar-refractivity contribution is 6.13. The molecule has 1 spiro atoms. The first-order chi connectivity index (χ1) is 36.7. The van der Waals surface area contributed by atoms with Crippen molar-refractivity contribution in [3.63, 3.8) is 0 Å². The van der Waals surface area contributed by atoms with Gasteiger partial charge in [-0.05, 0) is 161 Å². The van der Waals surface area contributed by atoms with E-state index in [-0.39, 0.29) is 0 Å². The SMILES string of the molecule is c1ccc(N(c2ccccc2)c2ccc3c(c2)C(c2ccccc2)(c2ccccc2)c2ccc4c5c(ccc4c2-3)C2(c3ccccc3-c3ccccc32)c2cc(N(c3ccccc3)c3ccccc3)ccc2-5)cc1. The van der Waals surface area contributed by atoms with Crippen LogP contribution in [0.25, 0.3) is 44.2 Å². The second-order valence-electron chi connectivity index (χ2n) is 19.9. The van der Waals surface area contributed by atoms with Crippen molar-refractivity contribution in [3.8, 4) is 33.4 Å². The Bertz CT molecular complexity index is 3770. The van der Waals surface area contributed by atoms with E-state index in [2.05, 4.69) is 301 Å². The van der Waals surface area contributed by atoms with Gasteiger partial charge in [-0.15, -0.1) is 0 Å². The van der Waals surface area contributed by atoms with Crippen LogP contribution in [0.2, 0.25) is 0 Å². The normalized spacial score (nSPS) is 13.6. The molecular formula is C72H48N2. The molecule has 0 saturated carbocycles. The molecule has 0 bridgehead atoms. The third-order valence-corrected chi connectivity index (χ3v) is 16.3. The van der Waals surface area contributed by atoms with Gasteiger partial charge >= 0.3 is 0 Å². The van der Waals surface area contributed by atoms with E-state index in [1.54, 1.807) is 0 Å². The molecule has 0 N–H and O–H groups in total. The van der Waals surface area contributed by atoms with Gasteiger partial charge in [0.25, 0.3) is 0 Å². The van der Waals surface area contributed by atoms with Crippen molar-refractivity contribution in [2.24, 2.45) is 0 Å². The van der Waals surface area contributed by atoms with Crippen molar-refractivity contribution in [3.05, 3.63) is 336 Å². The van der Waals surface area contributed by atoms with Crippen LogP contribution in [-0.4, -0.2) is 0 Å². The molecule has 3 aliphatic carbocycles. The van der Waals surface area contributed by atoms with E-state index in [1.807, 2.05) is 0 Å². The maximum Gasteiger partial charge on any atom is 0.0726 e. The van der Waals surface area contributed by atoms with Gasteiger partial charge in [-0.1, -0.05) is 218 Å². The van der Waals surface area contributed by atoms with Gasteiger partial charge in [0.15, 0.2) is 0 Å². The Morgan fingerprint density at radius 1 is 0.203 bits per heavy atom. The van der Waals surface area contributed by atoms with Crippen molar-refractivity contribution in [1.82, 2.24) is 0 Å². The van der Waals surface area contributed by atoms with Crippen LogP contribution in [0.15, 0.2) is 291 Å². The number of hydrogen-bond donors (Lipinski definition) is 0. The van der Waals surface area contributed by atoms with Crippen molar-refractivity contribution >= 4 is 44.9 Å². The average Bonchev–Trinajstić information content (AvgIpc) is 4.08. The van der Waals surface area contributed by atoms with E-state index in [0.717, 1.165) is 34.1 Å². The predicted molar refractivity (Wildman–Crippen MR) is 307 cm³/mol. The molecule has 2 nitrogen and oxygen atoms in total. The Balaban J connectivity index is 1.03. The molecule has 0 fully saturated rings. The lowest BCUT2D eigenvalue weighted by molar-refractivity contribution is 0.769. The largest absolute Gasteiger partial charge is 0.310 e. The number of benzene rings is 12. The molecule has 0 aromatic heterocycles. The highest BCUT2D eigenvalue weighted by Gasteiger charge is 2.53. The number of para-hydroxylation sites is 4. The lowest BCUT2D eigenvalue weighted by Crippen LogP contribution is -2.28. The van der Waals surface area contributed by atoms with Crippen LogP contribution in [0.4, 0.5) is 34.1 Å². The first kappa shape index (κ1) is 42.2. The smallest absolute Gasteiger partial charge is 0.0726 e. The zero-order valence-electron chi connectivity index (χ0n) is 40.6. The lowest BCUT2D eigenvalue weighted by atomic mass is 9.67. The molecule has 2 heteroatoms. The Labute approximate surface area is 432 Å². The van der Waals surface area contributed by atoms with E-state index in [0.29, 0.717) is 0 Å². The second kappa shape index (κ2) is 16.5. The second-order valence-corrected chi connectivity index (χ2v) is 19.9. The summed E-state index contributed by atoms with van der Waals surface area (Å²) < 4.78 is 0. The van der Waals surface area contributed by atoms with Gasteiger partial charge in [0.1, 0.15) is 0 Å². The first-order valence-corrected chi connectivity index (χ1v) is 25.8. The molecule has 0 atom stereocenters. The summed E-state index contributed by atoms with van der Waals surface area (Å²) in [4.78, 5) is 4.80. The summed E-state index contributed by atoms with van der Waals surface area (Å²) >= 11 is 0. The van der Waals surface area contributed by atoms with E-state index in [9.17, 15) is 0 Å². The molecule has 0 radical (unpaired) electrons. The summed E-state index contributed by atoms with van der Waals surface area (Å²) in [5, 5.41) is 2.52. The van der Waals surface area contributed by atoms with Crippen LogP contribution in [0.1, 0.15) is 44.5 Å². The zero-order chi connectivity index (χ0) is 48.8. The Morgan fingerprint density at radius 2 is 0.527 bits per heavy atom. The molecular weight excluding hydrogens is 893 g/mol. The number of anilines is 6. The van der Waals surface area contributed by atoms with Gasteiger partial charge < -0.3 is 9.80 Å². The zero-order valence-corrected chi connectivity index (χ0v) is 40.6. The van der Waals surface area contributed by atoms with E-state index in [4.69, 9.17) is 0 Å². The van der Waals surface area contributed by atoms with Gasteiger partial charge in [-0.3, -0.25) is 0 Å². The van der Waals surface area contributed by atoms with Gasteiger partial charge in [0.2, 0.25) is 0 Å². The number of rotatable bonds is 8. The molecule has 346 valence electrons. The van der Waals surface area contributed by atoms with Crippen molar-refractivity contribution < 1.29 is 0 Å². The molecule has 15 rings (SSSR count). The molecule has 0 saturated heterocycles. The standard InChI is InChI=1S/C72H48N2/c1-7-23-49(24-8-1)71(50-25-9-2-10-26-50)65-45-43-60-59(69(65)61-41-39-55(47-67(61)71)73(51-27-11-3-12-28-51)52-29-13-4-14-30-52)44-46-66-70(60)62-42-40-56(74(53-31-15-5-16-32-53)54-33-17-6-18-34-54)48-68(62)72(66)63-37-21-19-35-57(63)58-36-20-22-38-64(58)72/h1-48H.